The van der Waals surface area contributed by atoms with Crippen LogP contribution in [-0.4, -0.2) is 45.5 Å². The third-order valence-electron chi connectivity index (χ3n) is 4.64. The van der Waals surface area contributed by atoms with Gasteiger partial charge in [-0.1, -0.05) is 0 Å². The number of sulfonamides is 1. The fourth-order valence-corrected chi connectivity index (χ4v) is 4.16. The lowest BCUT2D eigenvalue weighted by molar-refractivity contribution is 0.402. The van der Waals surface area contributed by atoms with Gasteiger partial charge in [0, 0.05) is 37.0 Å². The number of aromatic nitrogens is 6. The molecule has 0 bridgehead atoms. The van der Waals surface area contributed by atoms with Gasteiger partial charge in [-0.25, -0.2) is 17.8 Å². The molecule has 0 spiro atoms. The minimum absolute atomic E-state index is 0.0253. The zero-order chi connectivity index (χ0) is 20.5. The minimum Gasteiger partial charge on any atom is -0.495 e. The molecule has 0 aliphatic rings. The second kappa shape index (κ2) is 7.68. The van der Waals surface area contributed by atoms with Gasteiger partial charge in [-0.3, -0.25) is 4.68 Å². The smallest absolute Gasteiger partial charge is 0.244 e. The number of nitrogens with one attached hydrogen (secondary N) is 1. The van der Waals surface area contributed by atoms with Crippen molar-refractivity contribution in [3.05, 3.63) is 35.2 Å². The SMILES string of the molecule is CCn1nnnc1-c1ccc(OC)c(S(=O)(=O)NCc2c(C)nn(C)c2C)c1. The van der Waals surface area contributed by atoms with Crippen molar-refractivity contribution in [2.24, 2.45) is 7.05 Å². The van der Waals surface area contributed by atoms with Crippen molar-refractivity contribution in [2.75, 3.05) is 7.11 Å². The van der Waals surface area contributed by atoms with Crippen molar-refractivity contribution in [1.82, 2.24) is 34.7 Å². The number of nitrogens with zero attached hydrogens (tertiary/aromatic N) is 6. The molecular formula is C17H23N7O3S. The number of benzene rings is 1. The van der Waals surface area contributed by atoms with Crippen LogP contribution in [0.2, 0.25) is 0 Å². The third kappa shape index (κ3) is 3.62. The standard InChI is InChI=1S/C17H23N7O3S/c1-6-24-17(19-21-22-24)13-7-8-15(27-5)16(9-13)28(25,26)18-10-14-11(2)20-23(4)12(14)3/h7-9,18H,6,10H2,1-5H3. The number of methoxy groups -OCH3 is 1. The van der Waals surface area contributed by atoms with Crippen LogP contribution >= 0.6 is 0 Å². The number of hydrogen-bond donors (Lipinski definition) is 1. The molecule has 2 aromatic heterocycles. The number of tetrazole rings is 1. The van der Waals surface area contributed by atoms with E-state index in [-0.39, 0.29) is 17.2 Å². The van der Waals surface area contributed by atoms with Gasteiger partial charge in [0.15, 0.2) is 5.82 Å². The normalized spacial score (nSPS) is 11.8. The first kappa shape index (κ1) is 20.0. The molecule has 0 saturated heterocycles. The molecular weight excluding hydrogens is 382 g/mol. The molecule has 1 aromatic carbocycles. The molecule has 0 amide bonds. The Morgan fingerprint density at radius 3 is 2.61 bits per heavy atom. The van der Waals surface area contributed by atoms with Crippen LogP contribution in [0.1, 0.15) is 23.9 Å². The lowest BCUT2D eigenvalue weighted by Crippen LogP contribution is -2.24. The molecule has 0 atom stereocenters. The van der Waals surface area contributed by atoms with Gasteiger partial charge < -0.3 is 4.74 Å². The molecule has 0 unspecified atom stereocenters. The molecule has 0 fully saturated rings. The fraction of sp³-hybridized carbons (Fsp3) is 0.412. The molecule has 2 heterocycles. The zero-order valence-electron chi connectivity index (χ0n) is 16.5. The quantitative estimate of drug-likeness (QED) is 0.627. The highest BCUT2D eigenvalue weighted by atomic mass is 32.2. The third-order valence-corrected chi connectivity index (χ3v) is 6.06. The Hall–Kier alpha value is -2.79. The topological polar surface area (TPSA) is 117 Å². The monoisotopic (exact) mass is 405 g/mol. The number of aryl methyl sites for hydroxylation is 3. The maximum absolute atomic E-state index is 13.0. The predicted molar refractivity (Wildman–Crippen MR) is 102 cm³/mol. The molecule has 3 rings (SSSR count). The van der Waals surface area contributed by atoms with E-state index < -0.39 is 10.0 Å². The Bertz CT molecular complexity index is 1100. The Kier molecular flexibility index (Phi) is 5.47. The van der Waals surface area contributed by atoms with Gasteiger partial charge in [-0.2, -0.15) is 5.10 Å². The molecule has 10 nitrogen and oxygen atoms in total. The first-order valence-corrected chi connectivity index (χ1v) is 10.2. The maximum atomic E-state index is 13.0. The van der Waals surface area contributed by atoms with Gasteiger partial charge >= 0.3 is 0 Å². The van der Waals surface area contributed by atoms with Crippen LogP contribution in [0.25, 0.3) is 11.4 Å². The highest BCUT2D eigenvalue weighted by molar-refractivity contribution is 7.89. The van der Waals surface area contributed by atoms with Crippen molar-refractivity contribution in [3.8, 4) is 17.1 Å². The fourth-order valence-electron chi connectivity index (χ4n) is 2.97. The summed E-state index contributed by atoms with van der Waals surface area (Å²) < 4.78 is 37.3. The van der Waals surface area contributed by atoms with E-state index in [2.05, 4.69) is 25.3 Å². The Morgan fingerprint density at radius 1 is 1.25 bits per heavy atom. The lowest BCUT2D eigenvalue weighted by atomic mass is 10.2. The van der Waals surface area contributed by atoms with Crippen LogP contribution < -0.4 is 9.46 Å². The number of ether oxygens (including phenoxy) is 1. The summed E-state index contributed by atoms with van der Waals surface area (Å²) in [5.74, 6) is 0.729. The van der Waals surface area contributed by atoms with E-state index in [1.54, 1.807) is 21.5 Å². The summed E-state index contributed by atoms with van der Waals surface area (Å²) >= 11 is 0. The molecule has 11 heteroatoms. The molecule has 0 saturated carbocycles. The summed E-state index contributed by atoms with van der Waals surface area (Å²) in [5, 5.41) is 15.9. The van der Waals surface area contributed by atoms with E-state index in [0.29, 0.717) is 17.9 Å². The Morgan fingerprint density at radius 2 is 2.00 bits per heavy atom. The Labute approximate surface area is 163 Å². The molecule has 0 radical (unpaired) electrons. The molecule has 1 N–H and O–H groups in total. The van der Waals surface area contributed by atoms with Crippen molar-refractivity contribution in [1.29, 1.82) is 0 Å². The van der Waals surface area contributed by atoms with E-state index in [1.165, 1.54) is 13.2 Å². The minimum atomic E-state index is -3.85. The van der Waals surface area contributed by atoms with Gasteiger partial charge in [0.05, 0.1) is 12.8 Å². The van der Waals surface area contributed by atoms with E-state index in [9.17, 15) is 8.42 Å². The molecule has 3 aromatic rings. The largest absolute Gasteiger partial charge is 0.495 e. The van der Waals surface area contributed by atoms with Crippen molar-refractivity contribution in [2.45, 2.75) is 38.8 Å². The molecule has 0 aliphatic carbocycles. The Balaban J connectivity index is 1.97. The van der Waals surface area contributed by atoms with Gasteiger partial charge in [0.2, 0.25) is 10.0 Å². The average molecular weight is 405 g/mol. The maximum Gasteiger partial charge on any atom is 0.244 e. The van der Waals surface area contributed by atoms with Crippen molar-refractivity contribution in [3.63, 3.8) is 0 Å². The average Bonchev–Trinajstić information content (AvgIpc) is 3.24. The van der Waals surface area contributed by atoms with Crippen LogP contribution in [0.15, 0.2) is 23.1 Å². The molecule has 150 valence electrons. The van der Waals surface area contributed by atoms with Crippen LogP contribution in [0.4, 0.5) is 0 Å². The summed E-state index contributed by atoms with van der Waals surface area (Å²) in [6.45, 7) is 6.35. The summed E-state index contributed by atoms with van der Waals surface area (Å²) in [5.41, 5.74) is 3.12. The second-order valence-electron chi connectivity index (χ2n) is 6.28. The first-order chi connectivity index (χ1) is 13.3. The van der Waals surface area contributed by atoms with Gasteiger partial charge in [0.25, 0.3) is 0 Å². The number of rotatable bonds is 7. The van der Waals surface area contributed by atoms with E-state index in [0.717, 1.165) is 17.0 Å². The lowest BCUT2D eigenvalue weighted by Gasteiger charge is -2.12. The van der Waals surface area contributed by atoms with Crippen LogP contribution in [-0.2, 0) is 30.2 Å². The van der Waals surface area contributed by atoms with Gasteiger partial charge in [-0.15, -0.1) is 5.10 Å². The first-order valence-electron chi connectivity index (χ1n) is 8.71. The van der Waals surface area contributed by atoms with E-state index >= 15 is 0 Å². The number of hydrogen-bond acceptors (Lipinski definition) is 7. The zero-order valence-corrected chi connectivity index (χ0v) is 17.3. The van der Waals surface area contributed by atoms with E-state index in [1.807, 2.05) is 27.8 Å². The van der Waals surface area contributed by atoms with Crippen LogP contribution in [0.5, 0.6) is 5.75 Å². The summed E-state index contributed by atoms with van der Waals surface area (Å²) in [4.78, 5) is 0.0253. The van der Waals surface area contributed by atoms with E-state index in [4.69, 9.17) is 4.74 Å². The molecule has 28 heavy (non-hydrogen) atoms. The van der Waals surface area contributed by atoms with Gasteiger partial charge in [-0.05, 0) is 49.4 Å². The highest BCUT2D eigenvalue weighted by Gasteiger charge is 2.23. The molecule has 0 aliphatic heterocycles. The second-order valence-corrected chi connectivity index (χ2v) is 8.02. The van der Waals surface area contributed by atoms with Crippen LogP contribution in [0.3, 0.4) is 0 Å². The highest BCUT2D eigenvalue weighted by Crippen LogP contribution is 2.29. The summed E-state index contributed by atoms with van der Waals surface area (Å²) in [6, 6.07) is 4.84. The van der Waals surface area contributed by atoms with Crippen molar-refractivity contribution < 1.29 is 13.2 Å². The van der Waals surface area contributed by atoms with Crippen LogP contribution in [0, 0.1) is 13.8 Å². The summed E-state index contributed by atoms with van der Waals surface area (Å²) in [7, 11) is -0.594. The van der Waals surface area contributed by atoms with Gasteiger partial charge in [0.1, 0.15) is 10.6 Å². The predicted octanol–water partition coefficient (Wildman–Crippen LogP) is 1.20. The van der Waals surface area contributed by atoms with Crippen molar-refractivity contribution >= 4 is 10.0 Å². The summed E-state index contributed by atoms with van der Waals surface area (Å²) in [6.07, 6.45) is 0.